The van der Waals surface area contributed by atoms with Crippen molar-refractivity contribution in [3.05, 3.63) is 29.8 Å². The number of ether oxygens (including phenoxy) is 2. The highest BCUT2D eigenvalue weighted by Gasteiger charge is 2.31. The van der Waals surface area contributed by atoms with E-state index in [0.29, 0.717) is 6.61 Å². The van der Waals surface area contributed by atoms with Gasteiger partial charge in [0.1, 0.15) is 11.4 Å². The first kappa shape index (κ1) is 16.6. The Kier molecular flexibility index (Phi) is 5.29. The second-order valence-electron chi connectivity index (χ2n) is 6.52. The summed E-state index contributed by atoms with van der Waals surface area (Å²) in [5, 5.41) is 6.30. The van der Waals surface area contributed by atoms with Crippen LogP contribution in [0.5, 0.6) is 5.75 Å². The van der Waals surface area contributed by atoms with Crippen molar-refractivity contribution in [2.24, 2.45) is 0 Å². The van der Waals surface area contributed by atoms with Gasteiger partial charge in [-0.15, -0.1) is 0 Å². The fourth-order valence-corrected chi connectivity index (χ4v) is 2.62. The molecular weight excluding hydrogens is 280 g/mol. The van der Waals surface area contributed by atoms with Crippen LogP contribution in [0.15, 0.2) is 24.3 Å². The molecule has 1 aromatic carbocycles. The molecule has 1 aliphatic heterocycles. The van der Waals surface area contributed by atoms with Crippen LogP contribution in [-0.2, 0) is 4.74 Å². The van der Waals surface area contributed by atoms with Crippen LogP contribution in [0.25, 0.3) is 0 Å². The van der Waals surface area contributed by atoms with E-state index in [4.69, 9.17) is 9.47 Å². The average Bonchev–Trinajstić information content (AvgIpc) is 2.86. The molecule has 0 aromatic heterocycles. The number of carbonyl (C=O) groups excluding carboxylic acids is 1. The molecule has 0 spiro atoms. The second-order valence-corrected chi connectivity index (χ2v) is 6.52. The van der Waals surface area contributed by atoms with Gasteiger partial charge in [0.15, 0.2) is 0 Å². The van der Waals surface area contributed by atoms with Gasteiger partial charge in [0.05, 0.1) is 12.6 Å². The number of benzene rings is 1. The Labute approximate surface area is 132 Å². The molecule has 0 aliphatic carbocycles. The predicted molar refractivity (Wildman–Crippen MR) is 86.4 cm³/mol. The lowest BCUT2D eigenvalue weighted by Crippen LogP contribution is -2.42. The molecule has 5 nitrogen and oxygen atoms in total. The maximum absolute atomic E-state index is 11.9. The van der Waals surface area contributed by atoms with Gasteiger partial charge >= 0.3 is 6.09 Å². The summed E-state index contributed by atoms with van der Waals surface area (Å²) in [6.07, 6.45) is -0.364. The maximum atomic E-state index is 11.9. The maximum Gasteiger partial charge on any atom is 0.407 e. The number of rotatable bonds is 4. The molecule has 122 valence electrons. The number of carbonyl (C=O) groups is 1. The van der Waals surface area contributed by atoms with Crippen LogP contribution in [0, 0.1) is 0 Å². The predicted octanol–water partition coefficient (Wildman–Crippen LogP) is 2.67. The van der Waals surface area contributed by atoms with Crippen LogP contribution < -0.4 is 15.4 Å². The molecular formula is C17H26N2O3. The zero-order chi connectivity index (χ0) is 16.2. The van der Waals surface area contributed by atoms with Gasteiger partial charge in [0.2, 0.25) is 0 Å². The molecule has 1 saturated heterocycles. The molecule has 0 radical (unpaired) electrons. The lowest BCUT2D eigenvalue weighted by Gasteiger charge is -2.24. The molecule has 2 rings (SSSR count). The molecule has 0 saturated carbocycles. The van der Waals surface area contributed by atoms with Gasteiger partial charge in [-0.05, 0) is 45.4 Å². The lowest BCUT2D eigenvalue weighted by atomic mass is 9.94. The summed E-state index contributed by atoms with van der Waals surface area (Å²) in [4.78, 5) is 11.9. The number of hydrogen-bond donors (Lipinski definition) is 2. The Bertz CT molecular complexity index is 494. The fourth-order valence-electron chi connectivity index (χ4n) is 2.62. The minimum Gasteiger partial charge on any atom is -0.494 e. The lowest BCUT2D eigenvalue weighted by molar-refractivity contribution is 0.0504. The van der Waals surface area contributed by atoms with Gasteiger partial charge in [-0.3, -0.25) is 0 Å². The van der Waals surface area contributed by atoms with Gasteiger partial charge in [0, 0.05) is 19.0 Å². The van der Waals surface area contributed by atoms with Crippen LogP contribution >= 0.6 is 0 Å². The van der Waals surface area contributed by atoms with Crippen molar-refractivity contribution in [1.82, 2.24) is 10.6 Å². The number of alkyl carbamates (subject to hydrolysis) is 1. The summed E-state index contributed by atoms with van der Waals surface area (Å²) in [6, 6.07) is 8.11. The third-order valence-electron chi connectivity index (χ3n) is 3.54. The Morgan fingerprint density at radius 2 is 1.95 bits per heavy atom. The molecule has 5 heteroatoms. The molecule has 1 aliphatic rings. The van der Waals surface area contributed by atoms with E-state index in [1.165, 1.54) is 5.56 Å². The van der Waals surface area contributed by atoms with Crippen molar-refractivity contribution in [1.29, 1.82) is 0 Å². The van der Waals surface area contributed by atoms with Crippen LogP contribution in [0.1, 0.15) is 39.2 Å². The van der Waals surface area contributed by atoms with Gasteiger partial charge < -0.3 is 20.1 Å². The standard InChI is InChI=1S/C17H26N2O3/c1-5-21-13-8-6-12(7-9-13)14-10-18-11-15(14)19-16(20)22-17(2,3)4/h6-9,14-15,18H,5,10-11H2,1-4H3,(H,19,20)/t14-,15+/m1/s1. The zero-order valence-corrected chi connectivity index (χ0v) is 13.8. The molecule has 2 N–H and O–H groups in total. The van der Waals surface area contributed by atoms with E-state index in [1.807, 2.05) is 39.8 Å². The molecule has 2 atom stereocenters. The minimum atomic E-state index is -0.481. The summed E-state index contributed by atoms with van der Waals surface area (Å²) >= 11 is 0. The molecule has 1 aromatic rings. The van der Waals surface area contributed by atoms with Crippen molar-refractivity contribution >= 4 is 6.09 Å². The van der Waals surface area contributed by atoms with E-state index < -0.39 is 5.60 Å². The SMILES string of the molecule is CCOc1ccc([C@H]2CNC[C@@H]2NC(=O)OC(C)(C)C)cc1. The zero-order valence-electron chi connectivity index (χ0n) is 13.8. The Morgan fingerprint density at radius 1 is 1.27 bits per heavy atom. The van der Waals surface area contributed by atoms with Gasteiger partial charge in [-0.2, -0.15) is 0 Å². The van der Waals surface area contributed by atoms with Gasteiger partial charge in [0.25, 0.3) is 0 Å². The third kappa shape index (κ3) is 4.63. The third-order valence-corrected chi connectivity index (χ3v) is 3.54. The van der Waals surface area contributed by atoms with Gasteiger partial charge in [-0.25, -0.2) is 4.79 Å². The highest BCUT2D eigenvalue weighted by atomic mass is 16.6. The number of amides is 1. The largest absolute Gasteiger partial charge is 0.494 e. The highest BCUT2D eigenvalue weighted by molar-refractivity contribution is 5.68. The minimum absolute atomic E-state index is 0.0350. The summed E-state index contributed by atoms with van der Waals surface area (Å²) in [7, 11) is 0. The summed E-state index contributed by atoms with van der Waals surface area (Å²) in [6.45, 7) is 9.81. The van der Waals surface area contributed by atoms with Crippen molar-refractivity contribution in [3.8, 4) is 5.75 Å². The van der Waals surface area contributed by atoms with Crippen molar-refractivity contribution in [2.75, 3.05) is 19.7 Å². The quantitative estimate of drug-likeness (QED) is 0.898. The van der Waals surface area contributed by atoms with E-state index in [0.717, 1.165) is 18.8 Å². The van der Waals surface area contributed by atoms with Crippen molar-refractivity contribution < 1.29 is 14.3 Å². The van der Waals surface area contributed by atoms with Crippen LogP contribution in [0.2, 0.25) is 0 Å². The van der Waals surface area contributed by atoms with Gasteiger partial charge in [-0.1, -0.05) is 12.1 Å². The first-order valence-corrected chi connectivity index (χ1v) is 7.82. The van der Waals surface area contributed by atoms with Crippen LogP contribution in [-0.4, -0.2) is 37.4 Å². The molecule has 1 fully saturated rings. The molecule has 1 amide bonds. The summed E-state index contributed by atoms with van der Waals surface area (Å²) < 4.78 is 10.8. The first-order valence-electron chi connectivity index (χ1n) is 7.82. The summed E-state index contributed by atoms with van der Waals surface area (Å²) in [5.74, 6) is 1.11. The Balaban J connectivity index is 1.99. The van der Waals surface area contributed by atoms with E-state index in [9.17, 15) is 4.79 Å². The first-order chi connectivity index (χ1) is 10.4. The van der Waals surface area contributed by atoms with E-state index in [1.54, 1.807) is 0 Å². The van der Waals surface area contributed by atoms with E-state index in [2.05, 4.69) is 22.8 Å². The monoisotopic (exact) mass is 306 g/mol. The normalized spacial score (nSPS) is 21.5. The van der Waals surface area contributed by atoms with Crippen molar-refractivity contribution in [3.63, 3.8) is 0 Å². The Morgan fingerprint density at radius 3 is 2.55 bits per heavy atom. The fraction of sp³-hybridized carbons (Fsp3) is 0.588. The van der Waals surface area contributed by atoms with Crippen molar-refractivity contribution in [2.45, 2.75) is 45.3 Å². The van der Waals surface area contributed by atoms with Crippen LogP contribution in [0.4, 0.5) is 4.79 Å². The highest BCUT2D eigenvalue weighted by Crippen LogP contribution is 2.25. The topological polar surface area (TPSA) is 59.6 Å². The molecule has 0 unspecified atom stereocenters. The van der Waals surface area contributed by atoms with E-state index >= 15 is 0 Å². The molecule has 22 heavy (non-hydrogen) atoms. The molecule has 0 bridgehead atoms. The number of hydrogen-bond acceptors (Lipinski definition) is 4. The van der Waals surface area contributed by atoms with E-state index in [-0.39, 0.29) is 18.1 Å². The average molecular weight is 306 g/mol. The molecule has 1 heterocycles. The van der Waals surface area contributed by atoms with Crippen LogP contribution in [0.3, 0.4) is 0 Å². The Hall–Kier alpha value is -1.75. The number of nitrogens with one attached hydrogen (secondary N) is 2. The second kappa shape index (κ2) is 7.01. The smallest absolute Gasteiger partial charge is 0.407 e. The summed E-state index contributed by atoms with van der Waals surface area (Å²) in [5.41, 5.74) is 0.708.